The van der Waals surface area contributed by atoms with Crippen LogP contribution in [0.4, 0.5) is 0 Å². The fraction of sp³-hybridized carbons (Fsp3) is 0.462. The van der Waals surface area contributed by atoms with Crippen molar-refractivity contribution in [3.05, 3.63) is 29.3 Å². The molecule has 0 aliphatic heterocycles. The molecular formula is C13H18O3. The monoisotopic (exact) mass is 222 g/mol. The predicted octanol–water partition coefficient (Wildman–Crippen LogP) is 2.71. The zero-order valence-electron chi connectivity index (χ0n) is 9.95. The van der Waals surface area contributed by atoms with Gasteiger partial charge in [-0.25, -0.2) is 0 Å². The molecule has 3 nitrogen and oxygen atoms in total. The molecule has 1 aromatic rings. The van der Waals surface area contributed by atoms with Gasteiger partial charge in [-0.2, -0.15) is 0 Å². The maximum Gasteiger partial charge on any atom is 0.304 e. The van der Waals surface area contributed by atoms with E-state index in [0.717, 1.165) is 12.0 Å². The van der Waals surface area contributed by atoms with Crippen LogP contribution in [0.15, 0.2) is 18.2 Å². The third-order valence-electron chi connectivity index (χ3n) is 2.82. The van der Waals surface area contributed by atoms with Crippen molar-refractivity contribution >= 4 is 5.97 Å². The number of aliphatic carboxylic acids is 1. The van der Waals surface area contributed by atoms with Gasteiger partial charge in [0.2, 0.25) is 0 Å². The molecule has 1 rings (SSSR count). The van der Waals surface area contributed by atoms with Crippen molar-refractivity contribution < 1.29 is 15.0 Å². The summed E-state index contributed by atoms with van der Waals surface area (Å²) < 4.78 is 0. The number of phenols is 1. The fourth-order valence-electron chi connectivity index (χ4n) is 1.90. The number of hydrogen-bond acceptors (Lipinski definition) is 2. The molecule has 0 aliphatic rings. The van der Waals surface area contributed by atoms with Gasteiger partial charge in [-0.1, -0.05) is 39.0 Å². The highest BCUT2D eigenvalue weighted by Crippen LogP contribution is 2.35. The first kappa shape index (κ1) is 12.6. The van der Waals surface area contributed by atoms with Crippen LogP contribution in [-0.4, -0.2) is 16.2 Å². The Morgan fingerprint density at radius 3 is 2.50 bits per heavy atom. The van der Waals surface area contributed by atoms with E-state index in [1.807, 2.05) is 32.9 Å². The Bertz CT molecular complexity index is 394. The summed E-state index contributed by atoms with van der Waals surface area (Å²) in [6.45, 7) is 5.62. The van der Waals surface area contributed by atoms with Crippen LogP contribution in [0.25, 0.3) is 0 Å². The molecule has 16 heavy (non-hydrogen) atoms. The van der Waals surface area contributed by atoms with Crippen LogP contribution in [0.5, 0.6) is 5.75 Å². The first-order valence-electron chi connectivity index (χ1n) is 5.41. The average Bonchev–Trinajstić information content (AvgIpc) is 2.15. The molecule has 0 heterocycles. The van der Waals surface area contributed by atoms with Crippen molar-refractivity contribution in [2.24, 2.45) is 0 Å². The van der Waals surface area contributed by atoms with Crippen LogP contribution in [0.2, 0.25) is 0 Å². The summed E-state index contributed by atoms with van der Waals surface area (Å²) in [5, 5.41) is 18.9. The zero-order chi connectivity index (χ0) is 12.3. The van der Waals surface area contributed by atoms with Crippen molar-refractivity contribution in [1.82, 2.24) is 0 Å². The van der Waals surface area contributed by atoms with Crippen molar-refractivity contribution in [1.29, 1.82) is 0 Å². The number of carbonyl (C=O) groups is 1. The van der Waals surface area contributed by atoms with E-state index >= 15 is 0 Å². The lowest BCUT2D eigenvalue weighted by molar-refractivity contribution is -0.138. The van der Waals surface area contributed by atoms with Gasteiger partial charge >= 0.3 is 5.97 Å². The van der Waals surface area contributed by atoms with Gasteiger partial charge in [-0.05, 0) is 12.0 Å². The van der Waals surface area contributed by atoms with E-state index in [2.05, 4.69) is 0 Å². The molecule has 0 fully saturated rings. The number of benzene rings is 1. The van der Waals surface area contributed by atoms with E-state index in [-0.39, 0.29) is 12.2 Å². The normalized spacial score (nSPS) is 11.4. The minimum absolute atomic E-state index is 0.00767. The Hall–Kier alpha value is -1.51. The Labute approximate surface area is 95.7 Å². The molecule has 0 bridgehead atoms. The molecule has 2 N–H and O–H groups in total. The predicted molar refractivity (Wildman–Crippen MR) is 62.8 cm³/mol. The van der Waals surface area contributed by atoms with Crippen LogP contribution >= 0.6 is 0 Å². The van der Waals surface area contributed by atoms with Crippen LogP contribution < -0.4 is 0 Å². The lowest BCUT2D eigenvalue weighted by Gasteiger charge is -2.25. The summed E-state index contributed by atoms with van der Waals surface area (Å²) in [5.74, 6) is -0.623. The highest BCUT2D eigenvalue weighted by molar-refractivity contribution is 5.69. The molecule has 0 aliphatic carbocycles. The second-order valence-corrected chi connectivity index (χ2v) is 4.62. The van der Waals surface area contributed by atoms with E-state index in [4.69, 9.17) is 5.11 Å². The zero-order valence-corrected chi connectivity index (χ0v) is 9.95. The summed E-state index contributed by atoms with van der Waals surface area (Å²) in [6.07, 6.45) is 0.747. The topological polar surface area (TPSA) is 57.5 Å². The average molecular weight is 222 g/mol. The lowest BCUT2D eigenvalue weighted by atomic mass is 9.80. The van der Waals surface area contributed by atoms with Gasteiger partial charge in [0.1, 0.15) is 5.75 Å². The standard InChI is InChI=1S/C13H18O3/c1-4-9-6-5-7-10(12(9)16)13(2,3)8-11(14)15/h5-7,16H,4,8H2,1-3H3,(H,14,15). The molecule has 0 radical (unpaired) electrons. The smallest absolute Gasteiger partial charge is 0.304 e. The molecule has 3 heteroatoms. The Balaban J connectivity index is 3.17. The maximum atomic E-state index is 10.8. The van der Waals surface area contributed by atoms with Gasteiger partial charge < -0.3 is 10.2 Å². The van der Waals surface area contributed by atoms with Crippen molar-refractivity contribution in [3.8, 4) is 5.75 Å². The minimum atomic E-state index is -0.855. The van der Waals surface area contributed by atoms with Crippen molar-refractivity contribution in [2.45, 2.75) is 39.0 Å². The summed E-state index contributed by atoms with van der Waals surface area (Å²) in [6, 6.07) is 5.50. The summed E-state index contributed by atoms with van der Waals surface area (Å²) >= 11 is 0. The first-order valence-corrected chi connectivity index (χ1v) is 5.41. The van der Waals surface area contributed by atoms with E-state index < -0.39 is 11.4 Å². The number of phenolic OH excluding ortho intramolecular Hbond substituents is 1. The van der Waals surface area contributed by atoms with Gasteiger partial charge in [-0.3, -0.25) is 4.79 Å². The van der Waals surface area contributed by atoms with Crippen LogP contribution in [0.3, 0.4) is 0 Å². The number of hydrogen-bond donors (Lipinski definition) is 2. The number of aromatic hydroxyl groups is 1. The quantitative estimate of drug-likeness (QED) is 0.823. The third-order valence-corrected chi connectivity index (χ3v) is 2.82. The molecule has 0 atom stereocenters. The van der Waals surface area contributed by atoms with Crippen LogP contribution in [0.1, 0.15) is 38.3 Å². The molecule has 0 amide bonds. The van der Waals surface area contributed by atoms with Gasteiger partial charge in [0.05, 0.1) is 6.42 Å². The van der Waals surface area contributed by atoms with Gasteiger partial charge in [0.15, 0.2) is 0 Å². The molecule has 88 valence electrons. The Morgan fingerprint density at radius 1 is 1.38 bits per heavy atom. The Kier molecular flexibility index (Phi) is 3.58. The summed E-state index contributed by atoms with van der Waals surface area (Å²) in [7, 11) is 0. The molecule has 0 unspecified atom stereocenters. The van der Waals surface area contributed by atoms with Crippen LogP contribution in [0, 0.1) is 0 Å². The highest BCUT2D eigenvalue weighted by Gasteiger charge is 2.27. The highest BCUT2D eigenvalue weighted by atomic mass is 16.4. The van der Waals surface area contributed by atoms with Crippen LogP contribution in [-0.2, 0) is 16.6 Å². The molecule has 0 spiro atoms. The minimum Gasteiger partial charge on any atom is -0.507 e. The number of carboxylic acids is 1. The molecular weight excluding hydrogens is 204 g/mol. The van der Waals surface area contributed by atoms with E-state index in [0.29, 0.717) is 5.56 Å². The third kappa shape index (κ3) is 2.54. The fourth-order valence-corrected chi connectivity index (χ4v) is 1.90. The van der Waals surface area contributed by atoms with Gasteiger partial charge in [0.25, 0.3) is 0 Å². The van der Waals surface area contributed by atoms with Gasteiger partial charge in [0, 0.05) is 11.0 Å². The molecule has 1 aromatic carbocycles. The lowest BCUT2D eigenvalue weighted by Crippen LogP contribution is -2.22. The number of carboxylic acid groups (broad SMARTS) is 1. The summed E-state index contributed by atoms with van der Waals surface area (Å²) in [4.78, 5) is 10.8. The number of rotatable bonds is 4. The number of aryl methyl sites for hydroxylation is 1. The molecule has 0 aromatic heterocycles. The number of para-hydroxylation sites is 1. The largest absolute Gasteiger partial charge is 0.507 e. The van der Waals surface area contributed by atoms with Crippen molar-refractivity contribution in [2.75, 3.05) is 0 Å². The Morgan fingerprint density at radius 2 is 2.00 bits per heavy atom. The molecule has 0 saturated heterocycles. The molecule has 0 saturated carbocycles. The van der Waals surface area contributed by atoms with Gasteiger partial charge in [-0.15, -0.1) is 0 Å². The summed E-state index contributed by atoms with van der Waals surface area (Å²) in [5.41, 5.74) is 1.01. The maximum absolute atomic E-state index is 10.8. The van der Waals surface area contributed by atoms with E-state index in [1.54, 1.807) is 6.07 Å². The van der Waals surface area contributed by atoms with E-state index in [9.17, 15) is 9.90 Å². The second kappa shape index (κ2) is 4.56. The second-order valence-electron chi connectivity index (χ2n) is 4.62. The SMILES string of the molecule is CCc1cccc(C(C)(C)CC(=O)O)c1O. The van der Waals surface area contributed by atoms with Crippen molar-refractivity contribution in [3.63, 3.8) is 0 Å². The first-order chi connectivity index (χ1) is 7.38. The van der Waals surface area contributed by atoms with E-state index in [1.165, 1.54) is 0 Å².